The summed E-state index contributed by atoms with van der Waals surface area (Å²) in [6.45, 7) is 1.93. The molecule has 2 aromatic carbocycles. The lowest BCUT2D eigenvalue weighted by Crippen LogP contribution is -2.43. The van der Waals surface area contributed by atoms with Crippen LogP contribution >= 0.6 is 0 Å². The predicted molar refractivity (Wildman–Crippen MR) is 99.2 cm³/mol. The number of amides is 1. The van der Waals surface area contributed by atoms with Crippen molar-refractivity contribution in [2.75, 3.05) is 0 Å². The highest BCUT2D eigenvalue weighted by atomic mass is 19.1. The summed E-state index contributed by atoms with van der Waals surface area (Å²) >= 11 is 0. The van der Waals surface area contributed by atoms with Gasteiger partial charge in [-0.25, -0.2) is 9.37 Å². The Kier molecular flexibility index (Phi) is 4.23. The summed E-state index contributed by atoms with van der Waals surface area (Å²) in [6, 6.07) is 13.9. The number of fused-ring (bicyclic) bond motifs is 1. The zero-order valence-corrected chi connectivity index (χ0v) is 14.8. The molecule has 1 fully saturated rings. The Labute approximate surface area is 151 Å². The van der Waals surface area contributed by atoms with Gasteiger partial charge in [-0.15, -0.1) is 0 Å². The van der Waals surface area contributed by atoms with Gasteiger partial charge in [-0.3, -0.25) is 4.79 Å². The topological polar surface area (TPSA) is 57.8 Å². The highest BCUT2D eigenvalue weighted by Crippen LogP contribution is 2.41. The number of aromatic amines is 1. The number of benzene rings is 2. The van der Waals surface area contributed by atoms with Gasteiger partial charge in [0.1, 0.15) is 11.6 Å². The highest BCUT2D eigenvalue weighted by Gasteiger charge is 2.43. The van der Waals surface area contributed by atoms with Crippen molar-refractivity contribution in [1.82, 2.24) is 15.3 Å². The molecule has 1 aromatic heterocycles. The number of hydrogen-bond acceptors (Lipinski definition) is 2. The molecule has 1 heterocycles. The molecule has 1 aliphatic rings. The van der Waals surface area contributed by atoms with Gasteiger partial charge in [0.15, 0.2) is 0 Å². The van der Waals surface area contributed by atoms with Crippen LogP contribution in [0.2, 0.25) is 0 Å². The molecule has 134 valence electrons. The smallest absolute Gasteiger partial charge is 0.231 e. The molecule has 1 aliphatic carbocycles. The molecule has 3 aromatic rings. The monoisotopic (exact) mass is 351 g/mol. The van der Waals surface area contributed by atoms with E-state index in [0.29, 0.717) is 0 Å². The molecule has 26 heavy (non-hydrogen) atoms. The second-order valence-corrected chi connectivity index (χ2v) is 7.13. The lowest BCUT2D eigenvalue weighted by Gasteiger charge is -2.29. The van der Waals surface area contributed by atoms with Crippen LogP contribution < -0.4 is 5.32 Å². The molecule has 4 nitrogen and oxygen atoms in total. The van der Waals surface area contributed by atoms with Crippen LogP contribution in [0.15, 0.2) is 48.5 Å². The number of halogens is 1. The number of para-hydroxylation sites is 2. The zero-order chi connectivity index (χ0) is 18.1. The van der Waals surface area contributed by atoms with E-state index in [0.717, 1.165) is 48.1 Å². The largest absolute Gasteiger partial charge is 0.346 e. The Balaban J connectivity index is 1.59. The Hall–Kier alpha value is -2.69. The molecule has 0 radical (unpaired) electrons. The molecule has 1 amide bonds. The van der Waals surface area contributed by atoms with Crippen molar-refractivity contribution < 1.29 is 9.18 Å². The minimum Gasteiger partial charge on any atom is -0.346 e. The fourth-order valence-electron chi connectivity index (χ4n) is 3.98. The summed E-state index contributed by atoms with van der Waals surface area (Å²) in [7, 11) is 0. The Bertz CT molecular complexity index is 893. The lowest BCUT2D eigenvalue weighted by atomic mass is 9.78. The summed E-state index contributed by atoms with van der Waals surface area (Å²) in [5.41, 5.74) is 2.16. The van der Waals surface area contributed by atoms with E-state index in [1.54, 1.807) is 12.1 Å². The number of hydrogen-bond donors (Lipinski definition) is 2. The normalized spacial score (nSPS) is 17.3. The van der Waals surface area contributed by atoms with E-state index in [1.807, 2.05) is 31.2 Å². The van der Waals surface area contributed by atoms with Crippen LogP contribution in [0.4, 0.5) is 4.39 Å². The van der Waals surface area contributed by atoms with Crippen molar-refractivity contribution >= 4 is 16.9 Å². The Morgan fingerprint density at radius 2 is 1.85 bits per heavy atom. The fraction of sp³-hybridized carbons (Fsp3) is 0.333. The molecule has 0 aliphatic heterocycles. The molecular weight excluding hydrogens is 329 g/mol. The van der Waals surface area contributed by atoms with E-state index in [9.17, 15) is 9.18 Å². The Morgan fingerprint density at radius 3 is 2.54 bits per heavy atom. The van der Waals surface area contributed by atoms with Gasteiger partial charge in [0.25, 0.3) is 0 Å². The molecule has 1 saturated carbocycles. The van der Waals surface area contributed by atoms with Crippen LogP contribution in [0.25, 0.3) is 11.0 Å². The number of rotatable bonds is 4. The van der Waals surface area contributed by atoms with Gasteiger partial charge in [0.2, 0.25) is 5.91 Å². The van der Waals surface area contributed by atoms with Crippen LogP contribution in [0.3, 0.4) is 0 Å². The molecule has 5 heteroatoms. The van der Waals surface area contributed by atoms with Gasteiger partial charge >= 0.3 is 0 Å². The molecule has 4 rings (SSSR count). The van der Waals surface area contributed by atoms with E-state index in [1.165, 1.54) is 12.1 Å². The minimum atomic E-state index is -0.575. The van der Waals surface area contributed by atoms with Crippen molar-refractivity contribution in [3.8, 4) is 0 Å². The van der Waals surface area contributed by atoms with Crippen LogP contribution in [0, 0.1) is 5.82 Å². The lowest BCUT2D eigenvalue weighted by molar-refractivity contribution is -0.127. The van der Waals surface area contributed by atoms with Crippen molar-refractivity contribution in [2.45, 2.75) is 44.1 Å². The number of H-pyrrole nitrogens is 1. The summed E-state index contributed by atoms with van der Waals surface area (Å²) < 4.78 is 13.3. The van der Waals surface area contributed by atoms with E-state index < -0.39 is 5.41 Å². The SMILES string of the molecule is C[C@@H](NC(=O)C1(c2ccc(F)cc2)CCCC1)c1nc2ccccc2[nH]1. The highest BCUT2D eigenvalue weighted by molar-refractivity contribution is 5.89. The van der Waals surface area contributed by atoms with Crippen LogP contribution in [-0.4, -0.2) is 15.9 Å². The van der Waals surface area contributed by atoms with E-state index in [-0.39, 0.29) is 17.8 Å². The maximum atomic E-state index is 13.3. The van der Waals surface area contributed by atoms with Crippen LogP contribution in [0.5, 0.6) is 0 Å². The van der Waals surface area contributed by atoms with Crippen LogP contribution in [0.1, 0.15) is 50.0 Å². The first-order chi connectivity index (χ1) is 12.6. The number of aromatic nitrogens is 2. The van der Waals surface area contributed by atoms with Gasteiger partial charge in [-0.2, -0.15) is 0 Å². The first kappa shape index (κ1) is 16.8. The number of nitrogens with one attached hydrogen (secondary N) is 2. The first-order valence-corrected chi connectivity index (χ1v) is 9.10. The summed E-state index contributed by atoms with van der Waals surface area (Å²) in [5.74, 6) is 0.458. The van der Waals surface area contributed by atoms with Crippen molar-refractivity contribution in [2.24, 2.45) is 0 Å². The second kappa shape index (κ2) is 6.56. The van der Waals surface area contributed by atoms with Gasteiger partial charge in [0.05, 0.1) is 22.5 Å². The maximum absolute atomic E-state index is 13.3. The summed E-state index contributed by atoms with van der Waals surface area (Å²) in [5, 5.41) is 3.13. The number of imidazole rings is 1. The van der Waals surface area contributed by atoms with Crippen LogP contribution in [-0.2, 0) is 10.2 Å². The molecule has 2 N–H and O–H groups in total. The zero-order valence-electron chi connectivity index (χ0n) is 14.8. The minimum absolute atomic E-state index is 0.00503. The van der Waals surface area contributed by atoms with Gasteiger partial charge < -0.3 is 10.3 Å². The number of carbonyl (C=O) groups is 1. The van der Waals surface area contributed by atoms with Crippen molar-refractivity contribution in [3.05, 3.63) is 65.7 Å². The van der Waals surface area contributed by atoms with E-state index in [4.69, 9.17) is 0 Å². The third-order valence-corrected chi connectivity index (χ3v) is 5.45. The molecule has 0 spiro atoms. The van der Waals surface area contributed by atoms with Gasteiger partial charge in [-0.05, 0) is 49.6 Å². The number of nitrogens with zero attached hydrogens (tertiary/aromatic N) is 1. The summed E-state index contributed by atoms with van der Waals surface area (Å²) in [4.78, 5) is 21.1. The third-order valence-electron chi connectivity index (χ3n) is 5.45. The standard InChI is InChI=1S/C21H22FN3O/c1-14(19-24-17-6-2-3-7-18(17)25-19)23-20(26)21(12-4-5-13-21)15-8-10-16(22)11-9-15/h2-3,6-11,14H,4-5,12-13H2,1H3,(H,23,26)(H,24,25)/t14-/m1/s1. The third kappa shape index (κ3) is 2.87. The Morgan fingerprint density at radius 1 is 1.15 bits per heavy atom. The maximum Gasteiger partial charge on any atom is 0.231 e. The first-order valence-electron chi connectivity index (χ1n) is 9.10. The molecular formula is C21H22FN3O. The molecule has 0 bridgehead atoms. The van der Waals surface area contributed by atoms with Gasteiger partial charge in [-0.1, -0.05) is 37.1 Å². The fourth-order valence-corrected chi connectivity index (χ4v) is 3.98. The molecule has 0 saturated heterocycles. The average Bonchev–Trinajstić information content (AvgIpc) is 3.30. The van der Waals surface area contributed by atoms with Crippen molar-refractivity contribution in [1.29, 1.82) is 0 Å². The van der Waals surface area contributed by atoms with Gasteiger partial charge in [0, 0.05) is 0 Å². The van der Waals surface area contributed by atoms with E-state index >= 15 is 0 Å². The average molecular weight is 351 g/mol. The second-order valence-electron chi connectivity index (χ2n) is 7.13. The van der Waals surface area contributed by atoms with E-state index in [2.05, 4.69) is 15.3 Å². The number of carbonyl (C=O) groups excluding carboxylic acids is 1. The quantitative estimate of drug-likeness (QED) is 0.732. The molecule has 0 unspecified atom stereocenters. The predicted octanol–water partition coefficient (Wildman–Crippen LogP) is 4.39. The molecule has 1 atom stereocenters. The van der Waals surface area contributed by atoms with Crippen molar-refractivity contribution in [3.63, 3.8) is 0 Å². The summed E-state index contributed by atoms with van der Waals surface area (Å²) in [6.07, 6.45) is 3.59.